The molecule has 0 aromatic carbocycles. The molecule has 0 aromatic heterocycles. The van der Waals surface area contributed by atoms with Crippen LogP contribution in [0.15, 0.2) is 0 Å². The maximum atomic E-state index is 10.0. The molecule has 2 fully saturated rings. The summed E-state index contributed by atoms with van der Waals surface area (Å²) < 4.78 is 29.1. The fourth-order valence-electron chi connectivity index (χ4n) is 2.70. The standard InChI is InChI=1S/C14H27IO6/c1-8-6-12(18-5)15(10(3)19-8)21-13-7-11(17-4)14(16)9(2)20-13/h8-14,16H,6-7H2,1-5H3. The quantitative estimate of drug-likeness (QED) is 0.557. The Hall–Kier alpha value is 0.490. The molecule has 2 saturated heterocycles. The summed E-state index contributed by atoms with van der Waals surface area (Å²) in [5.41, 5.74) is 0. The minimum atomic E-state index is -1.94. The summed E-state index contributed by atoms with van der Waals surface area (Å²) in [5, 5.41) is 10.0. The van der Waals surface area contributed by atoms with Crippen LogP contribution in [0.1, 0.15) is 33.6 Å². The van der Waals surface area contributed by atoms with E-state index in [1.54, 1.807) is 14.2 Å². The van der Waals surface area contributed by atoms with Crippen molar-refractivity contribution in [2.45, 2.75) is 72.5 Å². The molecular formula is C14H27IO6. The van der Waals surface area contributed by atoms with Gasteiger partial charge in [-0.2, -0.15) is 0 Å². The van der Waals surface area contributed by atoms with Crippen molar-refractivity contribution >= 4 is 20.2 Å². The van der Waals surface area contributed by atoms with Crippen LogP contribution < -0.4 is 0 Å². The molecule has 0 aliphatic carbocycles. The van der Waals surface area contributed by atoms with Crippen LogP contribution in [-0.4, -0.2) is 58.3 Å². The van der Waals surface area contributed by atoms with Gasteiger partial charge in [0.05, 0.1) is 0 Å². The molecule has 0 aromatic rings. The monoisotopic (exact) mass is 418 g/mol. The normalized spacial score (nSPS) is 46.6. The molecule has 2 aliphatic heterocycles. The molecule has 7 heteroatoms. The van der Waals surface area contributed by atoms with E-state index in [4.69, 9.17) is 22.0 Å². The molecule has 0 bridgehead atoms. The van der Waals surface area contributed by atoms with E-state index in [0.717, 1.165) is 6.42 Å². The minimum absolute atomic E-state index is 0.0923. The zero-order valence-corrected chi connectivity index (χ0v) is 15.5. The summed E-state index contributed by atoms with van der Waals surface area (Å²) in [4.78, 5) is 0. The van der Waals surface area contributed by atoms with Gasteiger partial charge in [0.1, 0.15) is 0 Å². The van der Waals surface area contributed by atoms with Crippen molar-refractivity contribution in [1.82, 2.24) is 0 Å². The van der Waals surface area contributed by atoms with Gasteiger partial charge in [0.2, 0.25) is 0 Å². The Bertz CT molecular complexity index is 331. The van der Waals surface area contributed by atoms with E-state index in [9.17, 15) is 5.11 Å². The van der Waals surface area contributed by atoms with E-state index in [2.05, 4.69) is 13.8 Å². The number of halogens is 1. The molecule has 0 saturated carbocycles. The Morgan fingerprint density at radius 1 is 1.05 bits per heavy atom. The average molecular weight is 418 g/mol. The van der Waals surface area contributed by atoms with Gasteiger partial charge in [-0.25, -0.2) is 0 Å². The third-order valence-electron chi connectivity index (χ3n) is 3.89. The van der Waals surface area contributed by atoms with Crippen molar-refractivity contribution < 1.29 is 27.1 Å². The van der Waals surface area contributed by atoms with Crippen LogP contribution >= 0.6 is 20.2 Å². The van der Waals surface area contributed by atoms with E-state index in [-0.39, 0.29) is 32.8 Å². The first-order valence-electron chi connectivity index (χ1n) is 7.35. The number of alkyl halides is 2. The summed E-state index contributed by atoms with van der Waals surface area (Å²) in [6.07, 6.45) is 0.0782. The molecule has 0 spiro atoms. The number of hydrogen-bond donors (Lipinski definition) is 1. The van der Waals surface area contributed by atoms with Gasteiger partial charge in [0.25, 0.3) is 0 Å². The first-order chi connectivity index (χ1) is 9.96. The summed E-state index contributed by atoms with van der Waals surface area (Å²) >= 11 is -1.94. The van der Waals surface area contributed by atoms with Crippen molar-refractivity contribution in [3.8, 4) is 0 Å². The summed E-state index contributed by atoms with van der Waals surface area (Å²) in [7, 11) is 3.34. The van der Waals surface area contributed by atoms with Crippen LogP contribution in [0.5, 0.6) is 0 Å². The van der Waals surface area contributed by atoms with Gasteiger partial charge in [0, 0.05) is 0 Å². The summed E-state index contributed by atoms with van der Waals surface area (Å²) in [6.45, 7) is 5.96. The third-order valence-corrected chi connectivity index (χ3v) is 9.46. The SMILES string of the molecule is COC1CC(OI2C(C)OC(C)CC2OC)OC(C)C1O. The van der Waals surface area contributed by atoms with Crippen LogP contribution in [0.25, 0.3) is 0 Å². The second-order valence-electron chi connectivity index (χ2n) is 5.54. The molecular weight excluding hydrogens is 391 g/mol. The number of aliphatic hydroxyl groups is 1. The fraction of sp³-hybridized carbons (Fsp3) is 1.00. The fourth-order valence-corrected chi connectivity index (χ4v) is 8.06. The summed E-state index contributed by atoms with van der Waals surface area (Å²) in [5.74, 6) is 0. The average Bonchev–Trinajstić information content (AvgIpc) is 2.45. The molecule has 126 valence electrons. The molecule has 0 radical (unpaired) electrons. The van der Waals surface area contributed by atoms with Crippen LogP contribution in [-0.2, 0) is 22.0 Å². The second kappa shape index (κ2) is 7.85. The third kappa shape index (κ3) is 4.27. The Morgan fingerprint density at radius 3 is 2.38 bits per heavy atom. The Labute approximate surface area is 134 Å². The van der Waals surface area contributed by atoms with Crippen LogP contribution in [0, 0.1) is 0 Å². The Morgan fingerprint density at radius 2 is 1.76 bits per heavy atom. The van der Waals surface area contributed by atoms with Crippen molar-refractivity contribution in [2.24, 2.45) is 0 Å². The predicted molar refractivity (Wildman–Crippen MR) is 86.3 cm³/mol. The first-order valence-corrected chi connectivity index (χ1v) is 10.7. The van der Waals surface area contributed by atoms with E-state index >= 15 is 0 Å². The molecule has 6 nitrogen and oxygen atoms in total. The van der Waals surface area contributed by atoms with Gasteiger partial charge in [-0.1, -0.05) is 0 Å². The van der Waals surface area contributed by atoms with E-state index in [1.807, 2.05) is 6.92 Å². The zero-order valence-electron chi connectivity index (χ0n) is 13.3. The molecule has 7 unspecified atom stereocenters. The number of ether oxygens (including phenoxy) is 4. The van der Waals surface area contributed by atoms with E-state index in [1.165, 1.54) is 0 Å². The molecule has 7 atom stereocenters. The molecule has 0 amide bonds. The van der Waals surface area contributed by atoms with Gasteiger partial charge >= 0.3 is 134 Å². The molecule has 21 heavy (non-hydrogen) atoms. The van der Waals surface area contributed by atoms with Crippen molar-refractivity contribution in [3.05, 3.63) is 0 Å². The van der Waals surface area contributed by atoms with Gasteiger partial charge in [-0.3, -0.25) is 0 Å². The molecule has 2 aliphatic rings. The van der Waals surface area contributed by atoms with Gasteiger partial charge in [0.15, 0.2) is 0 Å². The summed E-state index contributed by atoms with van der Waals surface area (Å²) in [6, 6.07) is 0. The van der Waals surface area contributed by atoms with Gasteiger partial charge in [-0.15, -0.1) is 0 Å². The van der Waals surface area contributed by atoms with Crippen molar-refractivity contribution in [3.63, 3.8) is 0 Å². The molecule has 2 heterocycles. The zero-order chi connectivity index (χ0) is 15.6. The van der Waals surface area contributed by atoms with Crippen molar-refractivity contribution in [2.75, 3.05) is 14.2 Å². The Kier molecular flexibility index (Phi) is 6.67. The van der Waals surface area contributed by atoms with Crippen LogP contribution in [0.4, 0.5) is 0 Å². The maximum absolute atomic E-state index is 10.0. The van der Waals surface area contributed by atoms with E-state index < -0.39 is 26.3 Å². The Balaban J connectivity index is 1.99. The van der Waals surface area contributed by atoms with E-state index in [0.29, 0.717) is 6.42 Å². The number of rotatable bonds is 4. The second-order valence-corrected chi connectivity index (χ2v) is 10.9. The first kappa shape index (κ1) is 17.8. The molecule has 2 rings (SSSR count). The van der Waals surface area contributed by atoms with Gasteiger partial charge in [-0.05, 0) is 0 Å². The topological polar surface area (TPSA) is 66.4 Å². The van der Waals surface area contributed by atoms with Crippen LogP contribution in [0.2, 0.25) is 0 Å². The molecule has 1 N–H and O–H groups in total. The van der Waals surface area contributed by atoms with Gasteiger partial charge < -0.3 is 0 Å². The number of aliphatic hydroxyl groups excluding tert-OH is 1. The number of methoxy groups -OCH3 is 2. The van der Waals surface area contributed by atoms with Crippen LogP contribution in [0.3, 0.4) is 0 Å². The van der Waals surface area contributed by atoms with Crippen molar-refractivity contribution in [1.29, 1.82) is 0 Å². The number of hydrogen-bond acceptors (Lipinski definition) is 6. The predicted octanol–water partition coefficient (Wildman–Crippen LogP) is 2.06.